The summed E-state index contributed by atoms with van der Waals surface area (Å²) in [5, 5.41) is 6.87. The molecule has 0 aliphatic heterocycles. The van der Waals surface area contributed by atoms with Crippen LogP contribution in [0.4, 0.5) is 0 Å². The molecule has 2 aromatic rings. The van der Waals surface area contributed by atoms with Gasteiger partial charge in [0.1, 0.15) is 5.76 Å². The van der Waals surface area contributed by atoms with Gasteiger partial charge < -0.3 is 9.84 Å². The zero-order valence-corrected chi connectivity index (χ0v) is 12.0. The molecule has 5 nitrogen and oxygen atoms in total. The zero-order valence-electron chi connectivity index (χ0n) is 12.0. The molecule has 0 aliphatic carbocycles. The van der Waals surface area contributed by atoms with E-state index in [9.17, 15) is 4.79 Å². The van der Waals surface area contributed by atoms with Gasteiger partial charge in [-0.05, 0) is 44.9 Å². The Morgan fingerprint density at radius 3 is 2.65 bits per heavy atom. The lowest BCUT2D eigenvalue weighted by atomic mass is 10.1. The fraction of sp³-hybridized carbons (Fsp3) is 0.400. The van der Waals surface area contributed by atoms with Gasteiger partial charge in [-0.25, -0.2) is 0 Å². The average molecular weight is 273 g/mol. The lowest BCUT2D eigenvalue weighted by Gasteiger charge is -2.13. The van der Waals surface area contributed by atoms with Gasteiger partial charge in [-0.2, -0.15) is 0 Å². The van der Waals surface area contributed by atoms with Crippen molar-refractivity contribution in [3.63, 3.8) is 0 Å². The van der Waals surface area contributed by atoms with Gasteiger partial charge >= 0.3 is 0 Å². The van der Waals surface area contributed by atoms with E-state index in [0.717, 1.165) is 22.6 Å². The topological polar surface area (TPSA) is 68.0 Å². The Morgan fingerprint density at radius 1 is 1.35 bits per heavy atom. The molecule has 0 bridgehead atoms. The van der Waals surface area contributed by atoms with Crippen molar-refractivity contribution in [2.24, 2.45) is 0 Å². The Labute approximate surface area is 118 Å². The van der Waals surface area contributed by atoms with E-state index >= 15 is 0 Å². The predicted molar refractivity (Wildman–Crippen MR) is 75.1 cm³/mol. The van der Waals surface area contributed by atoms with Crippen molar-refractivity contribution in [2.75, 3.05) is 0 Å². The Morgan fingerprint density at radius 2 is 2.05 bits per heavy atom. The third kappa shape index (κ3) is 3.44. The fourth-order valence-corrected chi connectivity index (χ4v) is 2.15. The maximum absolute atomic E-state index is 12.0. The average Bonchev–Trinajstić information content (AvgIpc) is 2.77. The lowest BCUT2D eigenvalue weighted by Crippen LogP contribution is -2.26. The third-order valence-electron chi connectivity index (χ3n) is 3.37. The molecule has 1 amide bonds. The highest BCUT2D eigenvalue weighted by Gasteiger charge is 2.13. The number of nitrogens with one attached hydrogen (secondary N) is 1. The molecule has 0 aliphatic rings. The van der Waals surface area contributed by atoms with Gasteiger partial charge in [0.2, 0.25) is 5.91 Å². The Hall–Kier alpha value is -2.17. The number of carbonyl (C=O) groups is 1. The van der Waals surface area contributed by atoms with Crippen molar-refractivity contribution >= 4 is 5.91 Å². The SMILES string of the molecule is Cc1noc(C)c1CCC(=O)NC(C)c1ccncc1. The molecule has 2 aromatic heterocycles. The van der Waals surface area contributed by atoms with Crippen LogP contribution >= 0.6 is 0 Å². The Bertz CT molecular complexity index is 559. The summed E-state index contributed by atoms with van der Waals surface area (Å²) in [6.45, 7) is 5.72. The number of amides is 1. The van der Waals surface area contributed by atoms with Crippen molar-refractivity contribution < 1.29 is 9.32 Å². The molecule has 0 fully saturated rings. The van der Waals surface area contributed by atoms with Crippen molar-refractivity contribution in [3.8, 4) is 0 Å². The summed E-state index contributed by atoms with van der Waals surface area (Å²) < 4.78 is 5.09. The van der Waals surface area contributed by atoms with E-state index in [4.69, 9.17) is 4.52 Å². The number of hydrogen-bond acceptors (Lipinski definition) is 4. The van der Waals surface area contributed by atoms with Gasteiger partial charge in [-0.15, -0.1) is 0 Å². The summed E-state index contributed by atoms with van der Waals surface area (Å²) in [4.78, 5) is 15.9. The van der Waals surface area contributed by atoms with Crippen LogP contribution in [0, 0.1) is 13.8 Å². The number of rotatable bonds is 5. The minimum absolute atomic E-state index is 0.0184. The first-order valence-electron chi connectivity index (χ1n) is 6.69. The molecule has 1 N–H and O–H groups in total. The molecular formula is C15H19N3O2. The first kappa shape index (κ1) is 14.2. The van der Waals surface area contributed by atoms with E-state index in [2.05, 4.69) is 15.5 Å². The van der Waals surface area contributed by atoms with Crippen LogP contribution in [0.3, 0.4) is 0 Å². The second kappa shape index (κ2) is 6.32. The number of hydrogen-bond donors (Lipinski definition) is 1. The first-order valence-corrected chi connectivity index (χ1v) is 6.69. The van der Waals surface area contributed by atoms with Crippen LogP contribution in [0.15, 0.2) is 29.0 Å². The van der Waals surface area contributed by atoms with Crippen LogP contribution < -0.4 is 5.32 Å². The van der Waals surface area contributed by atoms with E-state index < -0.39 is 0 Å². The van der Waals surface area contributed by atoms with Gasteiger partial charge in [0.15, 0.2) is 0 Å². The molecule has 5 heteroatoms. The molecule has 0 saturated carbocycles. The molecule has 0 radical (unpaired) electrons. The van der Waals surface area contributed by atoms with Crippen molar-refractivity contribution in [3.05, 3.63) is 47.1 Å². The number of aromatic nitrogens is 2. The zero-order chi connectivity index (χ0) is 14.5. The largest absolute Gasteiger partial charge is 0.361 e. The Balaban J connectivity index is 1.87. The minimum atomic E-state index is -0.0184. The van der Waals surface area contributed by atoms with E-state index in [1.165, 1.54) is 0 Å². The molecule has 0 spiro atoms. The smallest absolute Gasteiger partial charge is 0.220 e. The predicted octanol–water partition coefficient (Wildman–Crippen LogP) is 2.50. The van der Waals surface area contributed by atoms with Gasteiger partial charge in [0.05, 0.1) is 11.7 Å². The molecule has 2 rings (SSSR count). The molecule has 106 valence electrons. The number of nitrogens with zero attached hydrogens (tertiary/aromatic N) is 2. The van der Waals surface area contributed by atoms with Crippen molar-refractivity contribution in [1.29, 1.82) is 0 Å². The molecule has 0 saturated heterocycles. The van der Waals surface area contributed by atoms with Gasteiger partial charge in [-0.3, -0.25) is 9.78 Å². The molecule has 2 heterocycles. The van der Waals surface area contributed by atoms with Crippen molar-refractivity contribution in [2.45, 2.75) is 39.7 Å². The molecule has 1 unspecified atom stereocenters. The maximum atomic E-state index is 12.0. The van der Waals surface area contributed by atoms with Gasteiger partial charge in [0.25, 0.3) is 0 Å². The van der Waals surface area contributed by atoms with E-state index in [1.807, 2.05) is 32.9 Å². The van der Waals surface area contributed by atoms with Crippen LogP contribution in [0.25, 0.3) is 0 Å². The van der Waals surface area contributed by atoms with E-state index in [1.54, 1.807) is 12.4 Å². The summed E-state index contributed by atoms with van der Waals surface area (Å²) in [7, 11) is 0. The monoisotopic (exact) mass is 273 g/mol. The highest BCUT2D eigenvalue weighted by molar-refractivity contribution is 5.76. The second-order valence-corrected chi connectivity index (χ2v) is 4.87. The number of aryl methyl sites for hydroxylation is 2. The number of pyridine rings is 1. The van der Waals surface area contributed by atoms with Crippen LogP contribution in [-0.2, 0) is 11.2 Å². The number of carbonyl (C=O) groups excluding carboxylic acids is 1. The Kier molecular flexibility index (Phi) is 4.50. The molecular weight excluding hydrogens is 254 g/mol. The van der Waals surface area contributed by atoms with Crippen LogP contribution in [-0.4, -0.2) is 16.0 Å². The molecule has 20 heavy (non-hydrogen) atoms. The summed E-state index contributed by atoms with van der Waals surface area (Å²) in [5.74, 6) is 0.812. The summed E-state index contributed by atoms with van der Waals surface area (Å²) >= 11 is 0. The van der Waals surface area contributed by atoms with E-state index in [0.29, 0.717) is 12.8 Å². The minimum Gasteiger partial charge on any atom is -0.361 e. The van der Waals surface area contributed by atoms with Gasteiger partial charge in [-0.1, -0.05) is 5.16 Å². The standard InChI is InChI=1S/C15H19N3O2/c1-10(13-6-8-16-9-7-13)17-15(19)5-4-14-11(2)18-20-12(14)3/h6-10H,4-5H2,1-3H3,(H,17,19). The first-order chi connectivity index (χ1) is 9.58. The van der Waals surface area contributed by atoms with Crippen LogP contribution in [0.1, 0.15) is 42.0 Å². The fourth-order valence-electron chi connectivity index (χ4n) is 2.15. The third-order valence-corrected chi connectivity index (χ3v) is 3.37. The lowest BCUT2D eigenvalue weighted by molar-refractivity contribution is -0.121. The normalized spacial score (nSPS) is 12.2. The second-order valence-electron chi connectivity index (χ2n) is 4.87. The summed E-state index contributed by atoms with van der Waals surface area (Å²) in [6.07, 6.45) is 4.53. The summed E-state index contributed by atoms with van der Waals surface area (Å²) in [5.41, 5.74) is 2.93. The van der Waals surface area contributed by atoms with E-state index in [-0.39, 0.29) is 11.9 Å². The molecule has 0 aromatic carbocycles. The summed E-state index contributed by atoms with van der Waals surface area (Å²) in [6, 6.07) is 3.79. The van der Waals surface area contributed by atoms with Crippen LogP contribution in [0.5, 0.6) is 0 Å². The van der Waals surface area contributed by atoms with Crippen LogP contribution in [0.2, 0.25) is 0 Å². The highest BCUT2D eigenvalue weighted by Crippen LogP contribution is 2.15. The quantitative estimate of drug-likeness (QED) is 0.908. The maximum Gasteiger partial charge on any atom is 0.220 e. The van der Waals surface area contributed by atoms with Crippen molar-refractivity contribution in [1.82, 2.24) is 15.5 Å². The van der Waals surface area contributed by atoms with Gasteiger partial charge in [0, 0.05) is 24.4 Å². The molecule has 1 atom stereocenters. The highest BCUT2D eigenvalue weighted by atomic mass is 16.5.